The molecule has 0 fully saturated rings. The number of nitrogen functional groups attached to an aromatic ring is 1. The number of rotatable bonds is 4. The van der Waals surface area contributed by atoms with Gasteiger partial charge in [-0.25, -0.2) is 4.98 Å². The zero-order chi connectivity index (χ0) is 15.6. The maximum atomic E-state index is 12.1. The monoisotopic (exact) mass is 291 g/mol. The van der Waals surface area contributed by atoms with Gasteiger partial charge < -0.3 is 15.6 Å². The van der Waals surface area contributed by atoms with E-state index in [0.29, 0.717) is 11.5 Å². The summed E-state index contributed by atoms with van der Waals surface area (Å²) in [6.07, 6.45) is 0.958. The first kappa shape index (κ1) is 14.4. The molecule has 0 aliphatic carbocycles. The molecule has 0 aliphatic heterocycles. The van der Waals surface area contributed by atoms with E-state index in [9.17, 15) is 14.9 Å². The van der Waals surface area contributed by atoms with Crippen molar-refractivity contribution in [2.45, 2.75) is 20.4 Å². The predicted octanol–water partition coefficient (Wildman–Crippen LogP) is 1.11. The molecule has 0 aromatic carbocycles. The van der Waals surface area contributed by atoms with Crippen molar-refractivity contribution in [3.8, 4) is 0 Å². The van der Waals surface area contributed by atoms with E-state index in [4.69, 9.17) is 10.3 Å². The molecule has 0 unspecified atom stereocenters. The van der Waals surface area contributed by atoms with E-state index in [1.54, 1.807) is 13.8 Å². The topological polar surface area (TPSA) is 137 Å². The fourth-order valence-corrected chi connectivity index (χ4v) is 1.81. The highest BCUT2D eigenvalue weighted by Gasteiger charge is 2.21. The molecule has 0 bridgehead atoms. The number of nitro groups is 1. The highest BCUT2D eigenvalue weighted by atomic mass is 16.6. The Hall–Kier alpha value is -2.97. The number of aromatic nitrogens is 2. The summed E-state index contributed by atoms with van der Waals surface area (Å²) in [7, 11) is 0. The molecule has 0 radical (unpaired) electrons. The van der Waals surface area contributed by atoms with Crippen LogP contribution in [0.25, 0.3) is 0 Å². The number of anilines is 1. The third kappa shape index (κ3) is 2.96. The minimum Gasteiger partial charge on any atom is -0.384 e. The van der Waals surface area contributed by atoms with Gasteiger partial charge in [-0.3, -0.25) is 14.9 Å². The molecule has 21 heavy (non-hydrogen) atoms. The summed E-state index contributed by atoms with van der Waals surface area (Å²) in [5.41, 5.74) is 6.30. The molecular formula is C12H13N5O4. The smallest absolute Gasteiger partial charge is 0.300 e. The average molecular weight is 291 g/mol. The quantitative estimate of drug-likeness (QED) is 0.635. The lowest BCUT2D eigenvalue weighted by Gasteiger charge is -2.06. The van der Waals surface area contributed by atoms with Crippen LogP contribution in [0.15, 0.2) is 16.8 Å². The van der Waals surface area contributed by atoms with Crippen molar-refractivity contribution in [3.05, 3.63) is 45.0 Å². The van der Waals surface area contributed by atoms with Crippen molar-refractivity contribution < 1.29 is 14.2 Å². The summed E-state index contributed by atoms with van der Waals surface area (Å²) in [5, 5.41) is 17.2. The molecule has 2 rings (SSSR count). The molecule has 110 valence electrons. The van der Waals surface area contributed by atoms with E-state index in [0.717, 1.165) is 11.8 Å². The number of hydrogen-bond acceptors (Lipinski definition) is 7. The third-order valence-electron chi connectivity index (χ3n) is 2.95. The molecule has 0 aliphatic rings. The van der Waals surface area contributed by atoms with E-state index < -0.39 is 16.5 Å². The predicted molar refractivity (Wildman–Crippen MR) is 72.5 cm³/mol. The van der Waals surface area contributed by atoms with Gasteiger partial charge in [0.25, 0.3) is 11.6 Å². The van der Waals surface area contributed by atoms with E-state index in [2.05, 4.69) is 15.5 Å². The molecular weight excluding hydrogens is 278 g/mol. The zero-order valence-electron chi connectivity index (χ0n) is 11.4. The molecule has 2 heterocycles. The summed E-state index contributed by atoms with van der Waals surface area (Å²) in [6, 6.07) is 1.17. The largest absolute Gasteiger partial charge is 0.384 e. The number of hydrogen-bond donors (Lipinski definition) is 2. The number of carbonyl (C=O) groups excluding carboxylic acids is 1. The molecule has 1 amide bonds. The van der Waals surface area contributed by atoms with E-state index >= 15 is 0 Å². The summed E-state index contributed by atoms with van der Waals surface area (Å²) < 4.78 is 4.97. The van der Waals surface area contributed by atoms with E-state index in [1.807, 2.05) is 0 Å². The Balaban J connectivity index is 2.21. The van der Waals surface area contributed by atoms with Crippen LogP contribution in [-0.4, -0.2) is 21.0 Å². The highest BCUT2D eigenvalue weighted by Crippen LogP contribution is 2.19. The Labute approximate surface area is 119 Å². The van der Waals surface area contributed by atoms with Gasteiger partial charge >= 0.3 is 0 Å². The standard InChI is InChI=1S/C12H13N5O4/c1-6-9(7(2)21-16-6)4-15-12(18)8-3-11(13)14-5-10(8)17(19)20/h3,5H,4H2,1-2H3,(H2,13,14)(H,15,18). The van der Waals surface area contributed by atoms with Crippen LogP contribution < -0.4 is 11.1 Å². The van der Waals surface area contributed by atoms with Gasteiger partial charge in [-0.1, -0.05) is 5.16 Å². The Morgan fingerprint density at radius 1 is 1.52 bits per heavy atom. The number of amides is 1. The average Bonchev–Trinajstić information content (AvgIpc) is 2.75. The van der Waals surface area contributed by atoms with Crippen molar-refractivity contribution in [2.24, 2.45) is 0 Å². The van der Waals surface area contributed by atoms with Crippen LogP contribution in [0, 0.1) is 24.0 Å². The van der Waals surface area contributed by atoms with Crippen LogP contribution in [0.4, 0.5) is 11.5 Å². The molecule has 0 spiro atoms. The lowest BCUT2D eigenvalue weighted by atomic mass is 10.1. The van der Waals surface area contributed by atoms with Gasteiger partial charge in [0, 0.05) is 12.1 Å². The number of nitrogens with zero attached hydrogens (tertiary/aromatic N) is 3. The Morgan fingerprint density at radius 2 is 2.24 bits per heavy atom. The Bertz CT molecular complexity index is 690. The normalized spacial score (nSPS) is 10.4. The second-order valence-electron chi connectivity index (χ2n) is 4.37. The van der Waals surface area contributed by atoms with Crippen LogP contribution in [0.5, 0.6) is 0 Å². The van der Waals surface area contributed by atoms with Crippen LogP contribution in [0.2, 0.25) is 0 Å². The van der Waals surface area contributed by atoms with Crippen molar-refractivity contribution in [1.29, 1.82) is 0 Å². The maximum absolute atomic E-state index is 12.1. The first-order chi connectivity index (χ1) is 9.90. The van der Waals surface area contributed by atoms with Crippen molar-refractivity contribution in [2.75, 3.05) is 5.73 Å². The van der Waals surface area contributed by atoms with Crippen LogP contribution >= 0.6 is 0 Å². The molecule has 2 aromatic rings. The third-order valence-corrected chi connectivity index (χ3v) is 2.95. The number of pyridine rings is 1. The van der Waals surface area contributed by atoms with Crippen LogP contribution in [0.1, 0.15) is 27.4 Å². The van der Waals surface area contributed by atoms with Gasteiger partial charge in [0.2, 0.25) is 0 Å². The van der Waals surface area contributed by atoms with Crippen molar-refractivity contribution in [3.63, 3.8) is 0 Å². The van der Waals surface area contributed by atoms with Crippen LogP contribution in [-0.2, 0) is 6.54 Å². The van der Waals surface area contributed by atoms with Gasteiger partial charge in [0.1, 0.15) is 23.3 Å². The minimum absolute atomic E-state index is 0.0306. The summed E-state index contributed by atoms with van der Waals surface area (Å²) in [6.45, 7) is 3.61. The number of carbonyl (C=O) groups is 1. The molecule has 9 nitrogen and oxygen atoms in total. The van der Waals surface area contributed by atoms with E-state index in [1.165, 1.54) is 6.07 Å². The lowest BCUT2D eigenvalue weighted by molar-refractivity contribution is -0.385. The lowest BCUT2D eigenvalue weighted by Crippen LogP contribution is -2.24. The first-order valence-electron chi connectivity index (χ1n) is 6.00. The van der Waals surface area contributed by atoms with E-state index in [-0.39, 0.29) is 17.9 Å². The first-order valence-corrected chi connectivity index (χ1v) is 6.00. The Kier molecular flexibility index (Phi) is 3.83. The Morgan fingerprint density at radius 3 is 2.81 bits per heavy atom. The maximum Gasteiger partial charge on any atom is 0.300 e. The molecule has 9 heteroatoms. The number of nitrogens with two attached hydrogens (primary N) is 1. The molecule has 0 saturated heterocycles. The van der Waals surface area contributed by atoms with Crippen molar-refractivity contribution >= 4 is 17.4 Å². The highest BCUT2D eigenvalue weighted by molar-refractivity contribution is 5.98. The SMILES string of the molecule is Cc1noc(C)c1CNC(=O)c1cc(N)ncc1[N+](=O)[O-]. The van der Waals surface area contributed by atoms with Gasteiger partial charge in [-0.2, -0.15) is 0 Å². The summed E-state index contributed by atoms with van der Waals surface area (Å²) in [5.74, 6) is -0.00423. The fourth-order valence-electron chi connectivity index (χ4n) is 1.81. The molecule has 3 N–H and O–H groups in total. The second-order valence-corrected chi connectivity index (χ2v) is 4.37. The zero-order valence-corrected chi connectivity index (χ0v) is 11.4. The van der Waals surface area contributed by atoms with Crippen molar-refractivity contribution in [1.82, 2.24) is 15.5 Å². The summed E-state index contributed by atoms with van der Waals surface area (Å²) in [4.78, 5) is 25.9. The molecule has 0 atom stereocenters. The molecule has 0 saturated carbocycles. The summed E-state index contributed by atoms with van der Waals surface area (Å²) >= 11 is 0. The van der Waals surface area contributed by atoms with Gasteiger partial charge in [-0.05, 0) is 19.9 Å². The molecule has 2 aromatic heterocycles. The minimum atomic E-state index is -0.683. The van der Waals surface area contributed by atoms with Gasteiger partial charge in [-0.15, -0.1) is 0 Å². The van der Waals surface area contributed by atoms with Crippen LogP contribution in [0.3, 0.4) is 0 Å². The van der Waals surface area contributed by atoms with Gasteiger partial charge in [0.15, 0.2) is 0 Å². The fraction of sp³-hybridized carbons (Fsp3) is 0.250. The number of nitrogens with one attached hydrogen (secondary N) is 1. The second kappa shape index (κ2) is 5.57. The van der Waals surface area contributed by atoms with Gasteiger partial charge in [0.05, 0.1) is 10.6 Å². The number of aryl methyl sites for hydroxylation is 2.